The number of ether oxygens (including phenoxy) is 1. The molecule has 1 atom stereocenters. The first-order chi connectivity index (χ1) is 13.6. The number of nitrogens with two attached hydrogens (primary N) is 1. The smallest absolute Gasteiger partial charge is 0.410 e. The standard InChI is InChI=1S/C21H28ClN5O2/c1-14-12-18(25-19(23)24-14)27-11-7-10-26(20(28)29-21(2,3)4)13-17(27)15-8-5-6-9-16(15)22/h5-6,8-9,12,17H,7,10-11,13H2,1-4H3,(H2,23,24,25). The van der Waals surface area contributed by atoms with Crippen molar-refractivity contribution in [1.29, 1.82) is 0 Å². The van der Waals surface area contributed by atoms with Crippen LogP contribution in [0.15, 0.2) is 30.3 Å². The molecule has 29 heavy (non-hydrogen) atoms. The summed E-state index contributed by atoms with van der Waals surface area (Å²) in [5.74, 6) is 0.956. The van der Waals surface area contributed by atoms with Crippen LogP contribution in [0.1, 0.15) is 44.5 Å². The van der Waals surface area contributed by atoms with E-state index in [1.807, 2.05) is 58.0 Å². The lowest BCUT2D eigenvalue weighted by molar-refractivity contribution is 0.0249. The van der Waals surface area contributed by atoms with Crippen molar-refractivity contribution in [3.8, 4) is 0 Å². The number of hydrogen-bond acceptors (Lipinski definition) is 6. The van der Waals surface area contributed by atoms with Crippen molar-refractivity contribution in [3.63, 3.8) is 0 Å². The maximum Gasteiger partial charge on any atom is 0.410 e. The van der Waals surface area contributed by atoms with Crippen molar-refractivity contribution in [2.24, 2.45) is 0 Å². The summed E-state index contributed by atoms with van der Waals surface area (Å²) in [6.45, 7) is 9.21. The predicted octanol–water partition coefficient (Wildman–Crippen LogP) is 4.21. The summed E-state index contributed by atoms with van der Waals surface area (Å²) in [5.41, 5.74) is 7.07. The van der Waals surface area contributed by atoms with Gasteiger partial charge in [0.25, 0.3) is 0 Å². The lowest BCUT2D eigenvalue weighted by atomic mass is 10.0. The van der Waals surface area contributed by atoms with Gasteiger partial charge in [-0.2, -0.15) is 4.98 Å². The summed E-state index contributed by atoms with van der Waals surface area (Å²) >= 11 is 6.54. The van der Waals surface area contributed by atoms with Gasteiger partial charge in [0.2, 0.25) is 5.95 Å². The van der Waals surface area contributed by atoms with Crippen molar-refractivity contribution >= 4 is 29.5 Å². The van der Waals surface area contributed by atoms with Gasteiger partial charge in [0.05, 0.1) is 6.04 Å². The first kappa shape index (κ1) is 21.2. The first-order valence-electron chi connectivity index (χ1n) is 9.74. The molecule has 1 fully saturated rings. The lowest BCUT2D eigenvalue weighted by Crippen LogP contribution is -2.41. The lowest BCUT2D eigenvalue weighted by Gasteiger charge is -2.34. The minimum absolute atomic E-state index is 0.188. The van der Waals surface area contributed by atoms with Gasteiger partial charge in [0.15, 0.2) is 0 Å². The molecule has 0 aliphatic carbocycles. The normalized spacial score (nSPS) is 17.8. The van der Waals surface area contributed by atoms with Gasteiger partial charge in [-0.3, -0.25) is 0 Å². The molecule has 2 heterocycles. The van der Waals surface area contributed by atoms with Gasteiger partial charge >= 0.3 is 6.09 Å². The van der Waals surface area contributed by atoms with Gasteiger partial charge in [0, 0.05) is 36.4 Å². The fraction of sp³-hybridized carbons (Fsp3) is 0.476. The number of benzene rings is 1. The van der Waals surface area contributed by atoms with E-state index in [4.69, 9.17) is 22.1 Å². The van der Waals surface area contributed by atoms with Crippen molar-refractivity contribution in [1.82, 2.24) is 14.9 Å². The molecule has 156 valence electrons. The van der Waals surface area contributed by atoms with E-state index < -0.39 is 5.60 Å². The number of aryl methyl sites for hydroxylation is 1. The number of anilines is 2. The van der Waals surface area contributed by atoms with Crippen LogP contribution in [0, 0.1) is 6.92 Å². The summed E-state index contributed by atoms with van der Waals surface area (Å²) in [7, 11) is 0. The van der Waals surface area contributed by atoms with Gasteiger partial charge in [-0.15, -0.1) is 0 Å². The predicted molar refractivity (Wildman–Crippen MR) is 115 cm³/mol. The molecule has 1 aromatic heterocycles. The summed E-state index contributed by atoms with van der Waals surface area (Å²) in [6, 6.07) is 9.40. The highest BCUT2D eigenvalue weighted by Gasteiger charge is 2.32. The van der Waals surface area contributed by atoms with Gasteiger partial charge in [-0.05, 0) is 45.7 Å². The van der Waals surface area contributed by atoms with Gasteiger partial charge in [-0.25, -0.2) is 9.78 Å². The zero-order valence-corrected chi connectivity index (χ0v) is 18.1. The first-order valence-corrected chi connectivity index (χ1v) is 10.1. The number of hydrogen-bond donors (Lipinski definition) is 1. The number of halogens is 1. The molecule has 0 bridgehead atoms. The molecule has 1 aromatic carbocycles. The van der Waals surface area contributed by atoms with E-state index >= 15 is 0 Å². The molecule has 7 nitrogen and oxygen atoms in total. The van der Waals surface area contributed by atoms with E-state index in [2.05, 4.69) is 14.9 Å². The zero-order valence-electron chi connectivity index (χ0n) is 17.4. The van der Waals surface area contributed by atoms with Crippen LogP contribution < -0.4 is 10.6 Å². The van der Waals surface area contributed by atoms with Crippen molar-refractivity contribution in [3.05, 3.63) is 46.6 Å². The third kappa shape index (κ3) is 5.29. The highest BCUT2D eigenvalue weighted by molar-refractivity contribution is 6.31. The summed E-state index contributed by atoms with van der Waals surface area (Å²) in [6.07, 6.45) is 0.443. The Kier molecular flexibility index (Phi) is 6.17. The van der Waals surface area contributed by atoms with Crippen molar-refractivity contribution in [2.45, 2.75) is 45.8 Å². The van der Waals surface area contributed by atoms with Crippen LogP contribution in [0.25, 0.3) is 0 Å². The maximum atomic E-state index is 12.8. The molecule has 1 aliphatic heterocycles. The third-order valence-corrected chi connectivity index (χ3v) is 5.01. The van der Waals surface area contributed by atoms with Crippen LogP contribution in [0.5, 0.6) is 0 Å². The Morgan fingerprint density at radius 1 is 1.24 bits per heavy atom. The van der Waals surface area contributed by atoms with Crippen LogP contribution in [0.4, 0.5) is 16.6 Å². The molecule has 2 aromatic rings. The Morgan fingerprint density at radius 3 is 2.62 bits per heavy atom. The second-order valence-electron chi connectivity index (χ2n) is 8.24. The Bertz CT molecular complexity index is 863. The topological polar surface area (TPSA) is 84.6 Å². The van der Waals surface area contributed by atoms with E-state index in [0.29, 0.717) is 24.7 Å². The second kappa shape index (κ2) is 8.45. The number of carbonyl (C=O) groups is 1. The Hall–Kier alpha value is -2.54. The molecule has 1 amide bonds. The maximum absolute atomic E-state index is 12.8. The van der Waals surface area contributed by atoms with E-state index in [1.54, 1.807) is 4.90 Å². The number of aromatic nitrogens is 2. The second-order valence-corrected chi connectivity index (χ2v) is 8.64. The van der Waals surface area contributed by atoms with Crippen LogP contribution in [-0.2, 0) is 4.74 Å². The fourth-order valence-corrected chi connectivity index (χ4v) is 3.75. The molecule has 8 heteroatoms. The van der Waals surface area contributed by atoms with Crippen LogP contribution in [0.2, 0.25) is 5.02 Å². The van der Waals surface area contributed by atoms with Gasteiger partial charge in [-0.1, -0.05) is 29.8 Å². The molecular weight excluding hydrogens is 390 g/mol. The highest BCUT2D eigenvalue weighted by Crippen LogP contribution is 2.34. The average Bonchev–Trinajstić information content (AvgIpc) is 2.83. The van der Waals surface area contributed by atoms with Crippen molar-refractivity contribution < 1.29 is 9.53 Å². The largest absolute Gasteiger partial charge is 0.444 e. The van der Waals surface area contributed by atoms with E-state index in [1.165, 1.54) is 0 Å². The minimum atomic E-state index is -0.554. The highest BCUT2D eigenvalue weighted by atomic mass is 35.5. The SMILES string of the molecule is Cc1cc(N2CCCN(C(=O)OC(C)(C)C)CC2c2ccccc2Cl)nc(N)n1. The molecule has 1 saturated heterocycles. The van der Waals surface area contributed by atoms with Crippen molar-refractivity contribution in [2.75, 3.05) is 30.3 Å². The molecule has 1 unspecified atom stereocenters. The molecular formula is C21H28ClN5O2. The van der Waals surface area contributed by atoms with Crippen LogP contribution in [0.3, 0.4) is 0 Å². The number of nitrogens with zero attached hydrogens (tertiary/aromatic N) is 4. The fourth-order valence-electron chi connectivity index (χ4n) is 3.49. The Labute approximate surface area is 176 Å². The molecule has 2 N–H and O–H groups in total. The van der Waals surface area contributed by atoms with Gasteiger partial charge < -0.3 is 20.3 Å². The third-order valence-electron chi connectivity index (χ3n) is 4.66. The quantitative estimate of drug-likeness (QED) is 0.787. The average molecular weight is 418 g/mol. The summed E-state index contributed by atoms with van der Waals surface area (Å²) in [5, 5.41) is 0.646. The molecule has 1 aliphatic rings. The zero-order chi connectivity index (χ0) is 21.2. The van der Waals surface area contributed by atoms with Crippen LogP contribution in [-0.4, -0.2) is 46.2 Å². The minimum Gasteiger partial charge on any atom is -0.444 e. The number of amides is 1. The summed E-state index contributed by atoms with van der Waals surface area (Å²) in [4.78, 5) is 25.3. The Morgan fingerprint density at radius 2 is 1.97 bits per heavy atom. The molecule has 3 rings (SSSR count). The van der Waals surface area contributed by atoms with E-state index in [-0.39, 0.29) is 18.1 Å². The van der Waals surface area contributed by atoms with E-state index in [0.717, 1.165) is 23.5 Å². The number of carbonyl (C=O) groups excluding carboxylic acids is 1. The monoisotopic (exact) mass is 417 g/mol. The number of nitrogen functional groups attached to an aromatic ring is 1. The molecule has 0 radical (unpaired) electrons. The number of rotatable bonds is 2. The van der Waals surface area contributed by atoms with E-state index in [9.17, 15) is 4.79 Å². The Balaban J connectivity index is 2.00. The summed E-state index contributed by atoms with van der Waals surface area (Å²) < 4.78 is 5.62. The molecule has 0 spiro atoms. The van der Waals surface area contributed by atoms with Gasteiger partial charge in [0.1, 0.15) is 11.4 Å². The van der Waals surface area contributed by atoms with Crippen LogP contribution >= 0.6 is 11.6 Å². The molecule has 0 saturated carbocycles.